The number of nitrogens with one attached hydrogen (secondary N) is 1. The molecular weight excluding hydrogens is 397 g/mol. The van der Waals surface area contributed by atoms with Crippen molar-refractivity contribution in [3.05, 3.63) is 51.6 Å². The topological polar surface area (TPSA) is 73.3 Å². The molecule has 0 aliphatic rings. The number of hydrogen-bond acceptors (Lipinski definition) is 6. The molecule has 0 spiro atoms. The molecule has 26 heavy (non-hydrogen) atoms. The molecule has 0 atom stereocenters. The van der Waals surface area contributed by atoms with Crippen LogP contribution < -0.4 is 14.8 Å². The third-order valence-electron chi connectivity index (χ3n) is 3.44. The Bertz CT molecular complexity index is 962. The number of hydrogen-bond donors (Lipinski definition) is 1. The van der Waals surface area contributed by atoms with Crippen molar-refractivity contribution in [2.24, 2.45) is 0 Å². The highest BCUT2D eigenvalue weighted by atomic mass is 35.5. The summed E-state index contributed by atoms with van der Waals surface area (Å²) in [6.45, 7) is 0. The molecule has 1 N–H and O–H groups in total. The molecule has 1 aromatic carbocycles. The maximum absolute atomic E-state index is 12.3. The first-order valence-corrected chi connectivity index (χ1v) is 8.96. The van der Waals surface area contributed by atoms with Crippen LogP contribution in [0, 0.1) is 0 Å². The lowest BCUT2D eigenvalue weighted by Gasteiger charge is -2.08. The fraction of sp³-hybridized carbons (Fsp3) is 0.118. The Kier molecular flexibility index (Phi) is 5.61. The van der Waals surface area contributed by atoms with Crippen molar-refractivity contribution < 1.29 is 14.3 Å². The Balaban J connectivity index is 1.84. The number of carbonyl (C=O) groups is 1. The largest absolute Gasteiger partial charge is 0.497 e. The third-order valence-corrected chi connectivity index (χ3v) is 4.71. The molecule has 9 heteroatoms. The van der Waals surface area contributed by atoms with Crippen LogP contribution in [0.3, 0.4) is 0 Å². The van der Waals surface area contributed by atoms with Crippen LogP contribution >= 0.6 is 34.5 Å². The fourth-order valence-corrected chi connectivity index (χ4v) is 3.24. The smallest absolute Gasteiger partial charge is 0.277 e. The number of thiazole rings is 1. The molecule has 0 radical (unpaired) electrons. The normalized spacial score (nSPS) is 10.5. The monoisotopic (exact) mass is 409 g/mol. The highest BCUT2D eigenvalue weighted by Gasteiger charge is 2.16. The maximum Gasteiger partial charge on any atom is 0.277 e. The third kappa shape index (κ3) is 3.90. The summed E-state index contributed by atoms with van der Waals surface area (Å²) < 4.78 is 10.6. The molecule has 0 bridgehead atoms. The number of amides is 1. The fourth-order valence-electron chi connectivity index (χ4n) is 2.20. The van der Waals surface area contributed by atoms with Gasteiger partial charge in [-0.15, -0.1) is 11.3 Å². The first-order chi connectivity index (χ1) is 12.5. The Labute approximate surface area is 163 Å². The van der Waals surface area contributed by atoms with E-state index in [0.717, 1.165) is 5.56 Å². The van der Waals surface area contributed by atoms with Gasteiger partial charge in [-0.3, -0.25) is 10.1 Å². The van der Waals surface area contributed by atoms with Crippen LogP contribution in [0.4, 0.5) is 5.13 Å². The molecule has 1 amide bonds. The molecule has 0 aliphatic heterocycles. The second-order valence-electron chi connectivity index (χ2n) is 5.02. The number of aromatic nitrogens is 2. The van der Waals surface area contributed by atoms with Gasteiger partial charge in [0, 0.05) is 17.0 Å². The molecular formula is C17H13Cl2N3O3S. The van der Waals surface area contributed by atoms with Crippen molar-refractivity contribution in [2.45, 2.75) is 0 Å². The summed E-state index contributed by atoms with van der Waals surface area (Å²) in [5, 5.41) is 5.28. The zero-order chi connectivity index (χ0) is 18.7. The SMILES string of the molecule is COc1ccc(-c2csc(NC(=O)c3nc(Cl)ccc3Cl)n2)c(OC)c1. The van der Waals surface area contributed by atoms with Crippen molar-refractivity contribution in [3.63, 3.8) is 0 Å². The van der Waals surface area contributed by atoms with E-state index in [9.17, 15) is 4.79 Å². The van der Waals surface area contributed by atoms with Gasteiger partial charge in [0.1, 0.15) is 22.3 Å². The van der Waals surface area contributed by atoms with Crippen LogP contribution in [0.1, 0.15) is 10.5 Å². The van der Waals surface area contributed by atoms with Gasteiger partial charge in [0.25, 0.3) is 5.91 Å². The van der Waals surface area contributed by atoms with Gasteiger partial charge < -0.3 is 9.47 Å². The molecule has 6 nitrogen and oxygen atoms in total. The summed E-state index contributed by atoms with van der Waals surface area (Å²) in [6, 6.07) is 8.45. The van der Waals surface area contributed by atoms with E-state index in [2.05, 4.69) is 15.3 Å². The van der Waals surface area contributed by atoms with E-state index in [4.69, 9.17) is 32.7 Å². The van der Waals surface area contributed by atoms with Crippen LogP contribution in [0.15, 0.2) is 35.7 Å². The van der Waals surface area contributed by atoms with Crippen LogP contribution in [-0.4, -0.2) is 30.1 Å². The number of anilines is 1. The van der Waals surface area contributed by atoms with Crippen molar-refractivity contribution in [2.75, 3.05) is 19.5 Å². The van der Waals surface area contributed by atoms with E-state index in [1.807, 2.05) is 17.5 Å². The van der Waals surface area contributed by atoms with Gasteiger partial charge in [0.15, 0.2) is 5.13 Å². The van der Waals surface area contributed by atoms with Crippen molar-refractivity contribution in [1.29, 1.82) is 0 Å². The van der Waals surface area contributed by atoms with Crippen LogP contribution in [0.25, 0.3) is 11.3 Å². The van der Waals surface area contributed by atoms with E-state index in [1.165, 1.54) is 23.5 Å². The number of pyridine rings is 1. The number of rotatable bonds is 5. The second-order valence-corrected chi connectivity index (χ2v) is 6.68. The number of nitrogens with zero attached hydrogens (tertiary/aromatic N) is 2. The van der Waals surface area contributed by atoms with E-state index >= 15 is 0 Å². The lowest BCUT2D eigenvalue weighted by atomic mass is 10.1. The predicted molar refractivity (Wildman–Crippen MR) is 103 cm³/mol. The molecule has 3 aromatic rings. The Hall–Kier alpha value is -2.35. The molecule has 3 rings (SSSR count). The summed E-state index contributed by atoms with van der Waals surface area (Å²) in [5.74, 6) is 0.809. The van der Waals surface area contributed by atoms with E-state index < -0.39 is 5.91 Å². The standard InChI is InChI=1S/C17H13Cl2N3O3S/c1-24-9-3-4-10(13(7-9)25-2)12-8-26-17(20-12)22-16(23)15-11(18)5-6-14(19)21-15/h3-8H,1-2H3,(H,20,22,23). The van der Waals surface area contributed by atoms with Crippen molar-refractivity contribution >= 4 is 45.6 Å². The van der Waals surface area contributed by atoms with Crippen LogP contribution in [0.5, 0.6) is 11.5 Å². The number of halogens is 2. The van der Waals surface area contributed by atoms with Crippen LogP contribution in [-0.2, 0) is 0 Å². The lowest BCUT2D eigenvalue weighted by Crippen LogP contribution is -2.14. The Morgan fingerprint density at radius 3 is 2.65 bits per heavy atom. The molecule has 0 unspecified atom stereocenters. The molecule has 134 valence electrons. The van der Waals surface area contributed by atoms with Gasteiger partial charge in [-0.25, -0.2) is 9.97 Å². The van der Waals surface area contributed by atoms with E-state index in [1.54, 1.807) is 20.3 Å². The van der Waals surface area contributed by atoms with Gasteiger partial charge in [-0.05, 0) is 24.3 Å². The highest BCUT2D eigenvalue weighted by Crippen LogP contribution is 2.35. The summed E-state index contributed by atoms with van der Waals surface area (Å²) in [7, 11) is 3.15. The Morgan fingerprint density at radius 1 is 1.12 bits per heavy atom. The van der Waals surface area contributed by atoms with Crippen molar-refractivity contribution in [3.8, 4) is 22.8 Å². The quantitative estimate of drug-likeness (QED) is 0.613. The zero-order valence-electron chi connectivity index (χ0n) is 13.7. The van der Waals surface area contributed by atoms with Gasteiger partial charge in [0.05, 0.1) is 24.9 Å². The molecule has 0 saturated heterocycles. The Morgan fingerprint density at radius 2 is 1.92 bits per heavy atom. The zero-order valence-corrected chi connectivity index (χ0v) is 16.1. The summed E-state index contributed by atoms with van der Waals surface area (Å²) in [5.41, 5.74) is 1.48. The summed E-state index contributed by atoms with van der Waals surface area (Å²) in [6.07, 6.45) is 0. The number of benzene rings is 1. The number of methoxy groups -OCH3 is 2. The van der Waals surface area contributed by atoms with Crippen molar-refractivity contribution in [1.82, 2.24) is 9.97 Å². The maximum atomic E-state index is 12.3. The lowest BCUT2D eigenvalue weighted by molar-refractivity contribution is 0.102. The number of carbonyl (C=O) groups excluding carboxylic acids is 1. The van der Waals surface area contributed by atoms with Crippen LogP contribution in [0.2, 0.25) is 10.2 Å². The molecule has 0 aliphatic carbocycles. The highest BCUT2D eigenvalue weighted by molar-refractivity contribution is 7.14. The van der Waals surface area contributed by atoms with E-state index in [0.29, 0.717) is 22.3 Å². The van der Waals surface area contributed by atoms with Gasteiger partial charge in [-0.1, -0.05) is 23.2 Å². The van der Waals surface area contributed by atoms with E-state index in [-0.39, 0.29) is 15.9 Å². The molecule has 0 saturated carbocycles. The predicted octanol–water partition coefficient (Wildman–Crippen LogP) is 4.78. The minimum absolute atomic E-state index is 0.0398. The van der Waals surface area contributed by atoms with Gasteiger partial charge in [0.2, 0.25) is 0 Å². The number of ether oxygens (including phenoxy) is 2. The minimum atomic E-state index is -0.486. The molecule has 0 fully saturated rings. The first-order valence-electron chi connectivity index (χ1n) is 7.33. The second kappa shape index (κ2) is 7.90. The van der Waals surface area contributed by atoms with Gasteiger partial charge in [-0.2, -0.15) is 0 Å². The van der Waals surface area contributed by atoms with Gasteiger partial charge >= 0.3 is 0 Å². The molecule has 2 heterocycles. The minimum Gasteiger partial charge on any atom is -0.497 e. The average molecular weight is 410 g/mol. The first kappa shape index (κ1) is 18.4. The summed E-state index contributed by atoms with van der Waals surface area (Å²) >= 11 is 13.1. The molecule has 2 aromatic heterocycles. The average Bonchev–Trinajstić information content (AvgIpc) is 3.11. The summed E-state index contributed by atoms with van der Waals surface area (Å²) in [4.78, 5) is 20.7.